The number of methoxy groups -OCH3 is 2. The SMILES string of the molecule is CCOC(COCCOP=NPOCCOCC(OC)OCC)OC. The van der Waals surface area contributed by atoms with Crippen molar-refractivity contribution in [3.63, 3.8) is 0 Å². The van der Waals surface area contributed by atoms with Crippen LogP contribution in [0.15, 0.2) is 4.52 Å². The summed E-state index contributed by atoms with van der Waals surface area (Å²) in [5, 5.41) is 0. The van der Waals surface area contributed by atoms with Crippen LogP contribution >= 0.6 is 17.6 Å². The normalized spacial score (nSPS) is 14.7. The molecule has 0 spiro atoms. The van der Waals surface area contributed by atoms with Gasteiger partial charge in [0, 0.05) is 27.4 Å². The van der Waals surface area contributed by atoms with Crippen molar-refractivity contribution in [2.75, 3.05) is 67.1 Å². The third-order valence-electron chi connectivity index (χ3n) is 2.59. The van der Waals surface area contributed by atoms with Crippen molar-refractivity contribution >= 4 is 17.6 Å². The topological polar surface area (TPSA) is 86.2 Å². The first kappa shape index (κ1) is 25.2. The number of nitrogens with zero attached hydrogens (tertiary/aromatic N) is 1. The minimum absolute atomic E-state index is 0.0109. The van der Waals surface area contributed by atoms with E-state index in [0.29, 0.717) is 61.5 Å². The second kappa shape index (κ2) is 20.5. The van der Waals surface area contributed by atoms with Gasteiger partial charge in [0.15, 0.2) is 21.2 Å². The van der Waals surface area contributed by atoms with Crippen molar-refractivity contribution in [2.45, 2.75) is 26.4 Å². The highest BCUT2D eigenvalue weighted by molar-refractivity contribution is 7.39. The van der Waals surface area contributed by atoms with E-state index in [9.17, 15) is 0 Å². The Kier molecular flexibility index (Phi) is 20.7. The maximum Gasteiger partial charge on any atom is 0.180 e. The molecule has 25 heavy (non-hydrogen) atoms. The molecule has 0 N–H and O–H groups in total. The Balaban J connectivity index is 3.33. The maximum absolute atomic E-state index is 5.37. The molecule has 0 aliphatic heterocycles. The van der Waals surface area contributed by atoms with E-state index in [2.05, 4.69) is 4.52 Å². The molecule has 0 amide bonds. The van der Waals surface area contributed by atoms with Gasteiger partial charge in [0.1, 0.15) is 8.96 Å². The van der Waals surface area contributed by atoms with Gasteiger partial charge in [-0.15, -0.1) is 0 Å². The predicted molar refractivity (Wildman–Crippen MR) is 96.1 cm³/mol. The average Bonchev–Trinajstić information content (AvgIpc) is 2.63. The molecule has 3 atom stereocenters. The quantitative estimate of drug-likeness (QED) is 0.185. The lowest BCUT2D eigenvalue weighted by atomic mass is 10.6. The molecule has 0 aromatic carbocycles. The Morgan fingerprint density at radius 3 is 1.92 bits per heavy atom. The Morgan fingerprint density at radius 2 is 1.40 bits per heavy atom. The highest BCUT2D eigenvalue weighted by Gasteiger charge is 2.06. The number of hydrogen-bond acceptors (Lipinski definition) is 9. The fraction of sp³-hybridized carbons (Fsp3) is 1.00. The van der Waals surface area contributed by atoms with Crippen LogP contribution in [0.5, 0.6) is 0 Å². The van der Waals surface area contributed by atoms with Crippen LogP contribution < -0.4 is 0 Å². The summed E-state index contributed by atoms with van der Waals surface area (Å²) in [5.74, 6) is 0. The van der Waals surface area contributed by atoms with E-state index < -0.39 is 0 Å². The van der Waals surface area contributed by atoms with E-state index in [4.69, 9.17) is 37.5 Å². The molecule has 3 unspecified atom stereocenters. The molecule has 0 aromatic rings. The van der Waals surface area contributed by atoms with E-state index in [1.807, 2.05) is 13.8 Å². The first-order valence-corrected chi connectivity index (χ1v) is 9.73. The van der Waals surface area contributed by atoms with Gasteiger partial charge in [-0.05, 0) is 13.8 Å². The summed E-state index contributed by atoms with van der Waals surface area (Å²) in [7, 11) is 3.69. The first-order chi connectivity index (χ1) is 12.3. The Bertz CT molecular complexity index is 302. The molecule has 11 heteroatoms. The molecule has 0 rings (SSSR count). The van der Waals surface area contributed by atoms with Crippen molar-refractivity contribution in [2.24, 2.45) is 4.52 Å². The van der Waals surface area contributed by atoms with Crippen LogP contribution in [0.1, 0.15) is 13.8 Å². The molecular weight excluding hydrogens is 372 g/mol. The minimum atomic E-state index is -0.336. The van der Waals surface area contributed by atoms with Gasteiger partial charge in [-0.3, -0.25) is 0 Å². The van der Waals surface area contributed by atoms with E-state index in [0.717, 1.165) is 0 Å². The van der Waals surface area contributed by atoms with Crippen molar-refractivity contribution in [3.05, 3.63) is 0 Å². The van der Waals surface area contributed by atoms with Gasteiger partial charge in [-0.25, -0.2) is 0 Å². The van der Waals surface area contributed by atoms with Gasteiger partial charge < -0.3 is 37.5 Å². The lowest BCUT2D eigenvalue weighted by Crippen LogP contribution is -2.22. The van der Waals surface area contributed by atoms with Crippen LogP contribution in [0.3, 0.4) is 0 Å². The Hall–Kier alpha value is 0.210. The lowest BCUT2D eigenvalue weighted by molar-refractivity contribution is -0.155. The van der Waals surface area contributed by atoms with Crippen LogP contribution in [0.4, 0.5) is 0 Å². The third kappa shape index (κ3) is 17.4. The molecule has 150 valence electrons. The van der Waals surface area contributed by atoms with E-state index in [1.165, 1.54) is 0 Å². The van der Waals surface area contributed by atoms with Crippen molar-refractivity contribution in [1.82, 2.24) is 0 Å². The molecular formula is C14H31NO8P2. The smallest absolute Gasteiger partial charge is 0.180 e. The molecule has 0 saturated heterocycles. The summed E-state index contributed by atoms with van der Waals surface area (Å²) in [6.45, 7) is 7.54. The van der Waals surface area contributed by atoms with E-state index >= 15 is 0 Å². The molecule has 9 nitrogen and oxygen atoms in total. The molecule has 0 saturated carbocycles. The zero-order chi connectivity index (χ0) is 18.6. The highest BCUT2D eigenvalue weighted by Crippen LogP contribution is 2.20. The van der Waals surface area contributed by atoms with Gasteiger partial charge in [0.05, 0.1) is 39.6 Å². The van der Waals surface area contributed by atoms with Crippen LogP contribution in [0, 0.1) is 0 Å². The second-order valence-corrected chi connectivity index (χ2v) is 6.04. The lowest BCUT2D eigenvalue weighted by Gasteiger charge is -2.14. The summed E-state index contributed by atoms with van der Waals surface area (Å²) in [6, 6.07) is 0. The van der Waals surface area contributed by atoms with Gasteiger partial charge >= 0.3 is 0 Å². The summed E-state index contributed by atoms with van der Waals surface area (Å²) in [5.41, 5.74) is 0. The molecule has 0 heterocycles. The van der Waals surface area contributed by atoms with Crippen molar-refractivity contribution in [3.8, 4) is 0 Å². The molecule has 0 aliphatic carbocycles. The van der Waals surface area contributed by atoms with E-state index in [-0.39, 0.29) is 21.5 Å². The monoisotopic (exact) mass is 403 g/mol. The maximum atomic E-state index is 5.37. The Morgan fingerprint density at radius 1 is 0.840 bits per heavy atom. The van der Waals surface area contributed by atoms with Crippen LogP contribution in [-0.2, 0) is 37.5 Å². The molecule has 0 bridgehead atoms. The summed E-state index contributed by atoms with van der Waals surface area (Å²) < 4.78 is 46.1. The Labute approximate surface area is 153 Å². The number of ether oxygens (including phenoxy) is 6. The molecule has 0 aliphatic rings. The predicted octanol–water partition coefficient (Wildman–Crippen LogP) is 2.62. The van der Waals surface area contributed by atoms with Gasteiger partial charge in [0.25, 0.3) is 0 Å². The highest BCUT2D eigenvalue weighted by atomic mass is 31.1. The summed E-state index contributed by atoms with van der Waals surface area (Å²) in [4.78, 5) is 0. The van der Waals surface area contributed by atoms with Crippen LogP contribution in [-0.4, -0.2) is 79.7 Å². The van der Waals surface area contributed by atoms with Crippen LogP contribution in [0.2, 0.25) is 0 Å². The summed E-state index contributed by atoms with van der Waals surface area (Å²) >= 11 is 0. The fourth-order valence-corrected chi connectivity index (χ4v) is 2.38. The molecule has 0 aromatic heterocycles. The largest absolute Gasteiger partial charge is 0.374 e. The molecule has 0 fully saturated rings. The van der Waals surface area contributed by atoms with Crippen LogP contribution in [0.25, 0.3) is 0 Å². The fourth-order valence-electron chi connectivity index (χ4n) is 1.46. The van der Waals surface area contributed by atoms with Gasteiger partial charge in [0.2, 0.25) is 0 Å². The van der Waals surface area contributed by atoms with Gasteiger partial charge in [-0.2, -0.15) is 4.52 Å². The number of hydrogen-bond donors (Lipinski definition) is 0. The first-order valence-electron chi connectivity index (χ1n) is 8.11. The van der Waals surface area contributed by atoms with E-state index in [1.54, 1.807) is 14.2 Å². The standard InChI is InChI=1S/C14H31NO8P2/c1-5-20-13(16-3)11-18-7-9-22-24-15-25-23-10-8-19-12-14(17-4)21-6-2/h13-14,24H,5-12H2,1-4H3. The second-order valence-electron chi connectivity index (χ2n) is 4.35. The zero-order valence-corrected chi connectivity index (χ0v) is 17.4. The van der Waals surface area contributed by atoms with Crippen molar-refractivity contribution < 1.29 is 37.5 Å². The molecule has 0 radical (unpaired) electrons. The third-order valence-corrected chi connectivity index (χ3v) is 3.88. The minimum Gasteiger partial charge on any atom is -0.374 e. The zero-order valence-electron chi connectivity index (χ0n) is 15.5. The van der Waals surface area contributed by atoms with Gasteiger partial charge in [-0.1, -0.05) is 0 Å². The number of rotatable bonds is 19. The summed E-state index contributed by atoms with van der Waals surface area (Å²) in [6.07, 6.45) is -0.670. The van der Waals surface area contributed by atoms with Crippen molar-refractivity contribution in [1.29, 1.82) is 0 Å². The average molecular weight is 403 g/mol.